The van der Waals surface area contributed by atoms with Crippen LogP contribution in [-0.2, 0) is 19.1 Å². The minimum Gasteiger partial charge on any atom is -0.550 e. The lowest BCUT2D eigenvalue weighted by Gasteiger charge is -2.24. The summed E-state index contributed by atoms with van der Waals surface area (Å²) in [6, 6.07) is 0. The van der Waals surface area contributed by atoms with Crippen molar-refractivity contribution in [2.45, 2.75) is 316 Å². The Morgan fingerprint density at radius 1 is 0.373 bits per heavy atom. The van der Waals surface area contributed by atoms with Gasteiger partial charge >= 0.3 is 11.9 Å². The molecule has 9 heteroatoms. The first-order chi connectivity index (χ1) is 32.5. The van der Waals surface area contributed by atoms with E-state index >= 15 is 0 Å². The van der Waals surface area contributed by atoms with E-state index in [1.165, 1.54) is 180 Å². The number of hydrogen-bond donors (Lipinski definition) is 3. The topological polar surface area (TPSA) is 167 Å². The number of carboxylic acids is 2. The zero-order valence-corrected chi connectivity index (χ0v) is 44.2. The number of allylic oxidation sites excluding steroid dienone is 6. The summed E-state index contributed by atoms with van der Waals surface area (Å²) < 4.78 is 4.89. The van der Waals surface area contributed by atoms with Gasteiger partial charge in [0.25, 0.3) is 0 Å². The van der Waals surface area contributed by atoms with Crippen LogP contribution in [0.4, 0.5) is 0 Å². The van der Waals surface area contributed by atoms with Gasteiger partial charge < -0.3 is 39.9 Å². The Hall–Kier alpha value is -2.49. The molecule has 0 heterocycles. The molecule has 0 radical (unpaired) electrons. The van der Waals surface area contributed by atoms with E-state index < -0.39 is 30.0 Å². The number of carbonyl (C=O) groups excluding carboxylic acids is 3. The summed E-state index contributed by atoms with van der Waals surface area (Å²) in [7, 11) is 0. The van der Waals surface area contributed by atoms with Crippen LogP contribution in [0, 0.1) is 0 Å². The van der Waals surface area contributed by atoms with E-state index in [-0.39, 0.29) is 25.7 Å². The molecule has 0 aromatic carbocycles. The fourth-order valence-electron chi connectivity index (χ4n) is 7.67. The maximum Gasteiger partial charge on any atom is 0.314 e. The highest BCUT2D eigenvalue weighted by Gasteiger charge is 2.34. The van der Waals surface area contributed by atoms with Crippen LogP contribution in [0.3, 0.4) is 0 Å². The van der Waals surface area contributed by atoms with Crippen molar-refractivity contribution < 1.29 is 44.7 Å². The quantitative estimate of drug-likeness (QED) is 0.0233. The fraction of sp³-hybridized carbons (Fsp3) is 0.845. The first-order valence-corrected chi connectivity index (χ1v) is 28.2. The summed E-state index contributed by atoms with van der Waals surface area (Å²) in [5.74, 6) is -5.29. The summed E-state index contributed by atoms with van der Waals surface area (Å²) in [6.07, 6.45) is 61.0. The monoisotopic (exact) mass is 949 g/mol. The van der Waals surface area contributed by atoms with Crippen LogP contribution in [-0.4, -0.2) is 45.3 Å². The minimum absolute atomic E-state index is 0.140. The van der Waals surface area contributed by atoms with E-state index in [2.05, 4.69) is 57.2 Å². The average Bonchev–Trinajstić information content (AvgIpc) is 3.29. The second-order valence-electron chi connectivity index (χ2n) is 18.8. The molecule has 67 heavy (non-hydrogen) atoms. The van der Waals surface area contributed by atoms with E-state index in [0.717, 1.165) is 70.6 Å². The van der Waals surface area contributed by atoms with Gasteiger partial charge in [0, 0.05) is 18.4 Å². The van der Waals surface area contributed by atoms with Crippen LogP contribution in [0.2, 0.25) is 0 Å². The molecule has 396 valence electrons. The second-order valence-corrected chi connectivity index (χ2v) is 18.8. The first kappa shape index (κ1) is 68.8. The minimum atomic E-state index is -2.97. The summed E-state index contributed by atoms with van der Waals surface area (Å²) in [6.45, 7) is 8.37. The number of unbranched alkanes of at least 4 members (excludes halogenated alkanes) is 33. The third-order valence-electron chi connectivity index (χ3n) is 12.0. The van der Waals surface area contributed by atoms with Crippen LogP contribution in [0.1, 0.15) is 304 Å². The van der Waals surface area contributed by atoms with Crippen molar-refractivity contribution in [3.63, 3.8) is 0 Å². The molecule has 0 saturated carbocycles. The van der Waals surface area contributed by atoms with Crippen molar-refractivity contribution in [3.8, 4) is 0 Å². The van der Waals surface area contributed by atoms with Gasteiger partial charge in [0.15, 0.2) is 6.10 Å². The van der Waals surface area contributed by atoms with Crippen molar-refractivity contribution in [2.24, 2.45) is 0 Å². The van der Waals surface area contributed by atoms with Crippen LogP contribution in [0.15, 0.2) is 36.5 Å². The lowest BCUT2D eigenvalue weighted by molar-refractivity contribution is -0.356. The van der Waals surface area contributed by atoms with E-state index in [4.69, 9.17) is 20.1 Å². The van der Waals surface area contributed by atoms with Crippen LogP contribution in [0.5, 0.6) is 0 Å². The molecular weight excluding hydrogens is 841 g/mol. The lowest BCUT2D eigenvalue weighted by Crippen LogP contribution is -2.44. The fourth-order valence-corrected chi connectivity index (χ4v) is 7.67. The zero-order valence-electron chi connectivity index (χ0n) is 44.2. The maximum absolute atomic E-state index is 11.6. The molecule has 9 nitrogen and oxygen atoms in total. The van der Waals surface area contributed by atoms with Gasteiger partial charge in [-0.25, -0.2) is 0 Å². The summed E-state index contributed by atoms with van der Waals surface area (Å²) >= 11 is 0. The molecule has 0 aliphatic rings. The van der Waals surface area contributed by atoms with E-state index in [1.807, 2.05) is 0 Å². The molecule has 0 rings (SSSR count). The Morgan fingerprint density at radius 2 is 0.597 bits per heavy atom. The average molecular weight is 949 g/mol. The molecular formula is C58H108O9-2. The van der Waals surface area contributed by atoms with Gasteiger partial charge in [-0.1, -0.05) is 218 Å². The Balaban J connectivity index is -0.000000933. The van der Waals surface area contributed by atoms with Crippen LogP contribution >= 0.6 is 0 Å². The third-order valence-corrected chi connectivity index (χ3v) is 12.0. The molecule has 0 amide bonds. The van der Waals surface area contributed by atoms with Crippen molar-refractivity contribution >= 4 is 17.9 Å². The van der Waals surface area contributed by atoms with Gasteiger partial charge in [-0.15, -0.1) is 0 Å². The highest BCUT2D eigenvalue weighted by Crippen LogP contribution is 2.16. The Bertz CT molecular complexity index is 1060. The van der Waals surface area contributed by atoms with Gasteiger partial charge in [0.2, 0.25) is 0 Å². The van der Waals surface area contributed by atoms with E-state index in [1.54, 1.807) is 6.92 Å². The third kappa shape index (κ3) is 65.6. The summed E-state index contributed by atoms with van der Waals surface area (Å²) in [5, 5.41) is 47.6. The van der Waals surface area contributed by atoms with Gasteiger partial charge in [-0.05, 0) is 116 Å². The van der Waals surface area contributed by atoms with Crippen molar-refractivity contribution in [1.82, 2.24) is 0 Å². The second kappa shape index (κ2) is 57.8. The predicted octanol–water partition coefficient (Wildman–Crippen LogP) is 14.5. The number of esters is 1. The molecule has 3 N–H and O–H groups in total. The first-order valence-electron chi connectivity index (χ1n) is 28.2. The number of carbonyl (C=O) groups is 3. The highest BCUT2D eigenvalue weighted by molar-refractivity contribution is 5.69. The molecule has 0 aliphatic heterocycles. The molecule has 0 spiro atoms. The normalized spacial score (nSPS) is 12.0. The molecule has 1 unspecified atom stereocenters. The van der Waals surface area contributed by atoms with Gasteiger partial charge in [0.1, 0.15) is 0 Å². The van der Waals surface area contributed by atoms with E-state index in [0.29, 0.717) is 0 Å². The number of carboxylic acid groups (broad SMARTS) is 2. The van der Waals surface area contributed by atoms with Crippen LogP contribution in [0.25, 0.3) is 0 Å². The van der Waals surface area contributed by atoms with Gasteiger partial charge in [0.05, 0.1) is 0 Å². The smallest absolute Gasteiger partial charge is 0.314 e. The molecule has 0 aromatic heterocycles. The Kier molecular flexibility index (Phi) is 59.4. The van der Waals surface area contributed by atoms with E-state index in [9.17, 15) is 24.6 Å². The summed E-state index contributed by atoms with van der Waals surface area (Å²) in [5.41, 5.74) is 0. The lowest BCUT2D eigenvalue weighted by atomic mass is 10.1. The van der Waals surface area contributed by atoms with Crippen molar-refractivity contribution in [3.05, 3.63) is 36.5 Å². The maximum atomic E-state index is 11.6. The van der Waals surface area contributed by atoms with Crippen LogP contribution < -0.4 is 10.2 Å². The molecule has 0 aliphatic carbocycles. The summed E-state index contributed by atoms with van der Waals surface area (Å²) in [4.78, 5) is 32.1. The Morgan fingerprint density at radius 3 is 0.821 bits per heavy atom. The van der Waals surface area contributed by atoms with Gasteiger partial charge in [-0.3, -0.25) is 4.79 Å². The number of aliphatic hydroxyl groups is 3. The van der Waals surface area contributed by atoms with Crippen molar-refractivity contribution in [2.75, 3.05) is 0 Å². The number of ether oxygens (including phenoxy) is 1. The molecule has 0 bridgehead atoms. The molecule has 0 saturated heterocycles. The van der Waals surface area contributed by atoms with Gasteiger partial charge in [-0.2, -0.15) is 0 Å². The zero-order chi connectivity index (χ0) is 50.2. The number of rotatable bonds is 48. The SMILES string of the molecule is CCCCCCCCC=CCCCCCCCC(=O)OC(CC)C(O)(O)O.CCCCCCCCC=CCCCCCCCC(=O)[O-].CCCCCCCCC=CCCCCCCCC(=O)[O-]. The number of aliphatic carboxylic acids is 2. The molecule has 0 fully saturated rings. The Labute approximate surface area is 413 Å². The molecule has 0 aromatic rings. The standard InChI is InChI=1S/C22H42O5.2C18H34O2/c1-3-5-6-7-8-9-10-11-12-13-14-15-16-17-18-19-21(23)27-20(4-2)22(24,25)26;2*1-2-3-4-5-6-7-8-9-10-11-12-13-14-15-16-17-18(19)20/h11-12,20,24-26H,3-10,13-19H2,1-2H3;2*9-10H,2-8,11-17H2,1H3,(H,19,20)/p-2. The highest BCUT2D eigenvalue weighted by atomic mass is 16.7. The predicted molar refractivity (Wildman–Crippen MR) is 278 cm³/mol. The van der Waals surface area contributed by atoms with Crippen molar-refractivity contribution in [1.29, 1.82) is 0 Å². The molecule has 1 atom stereocenters. The largest absolute Gasteiger partial charge is 0.550 e. The number of hydrogen-bond acceptors (Lipinski definition) is 9.